The van der Waals surface area contributed by atoms with Crippen LogP contribution in [0.1, 0.15) is 0 Å². The van der Waals surface area contributed by atoms with Crippen LogP contribution in [-0.4, -0.2) is 71.4 Å². The Balaban J connectivity index is 3.79. The molecule has 0 amide bonds. The van der Waals surface area contributed by atoms with Crippen molar-refractivity contribution in [3.8, 4) is 0 Å². The highest BCUT2D eigenvalue weighted by atomic mass is 19.4. The maximum absolute atomic E-state index is 13.4. The van der Waals surface area contributed by atoms with Gasteiger partial charge in [0.15, 0.2) is 0 Å². The lowest BCUT2D eigenvalue weighted by molar-refractivity contribution is -0.476. The zero-order valence-corrected chi connectivity index (χ0v) is 15.5. The van der Waals surface area contributed by atoms with Crippen LogP contribution in [0.5, 0.6) is 0 Å². The van der Waals surface area contributed by atoms with Crippen LogP contribution in [0, 0.1) is 0 Å². The number of hydrogen-bond donors (Lipinski definition) is 0. The molecule has 0 aromatic carbocycles. The Morgan fingerprint density at radius 3 is 0.703 bits per heavy atom. The van der Waals surface area contributed by atoms with Gasteiger partial charge in [-0.15, -0.1) is 0 Å². The van der Waals surface area contributed by atoms with Crippen molar-refractivity contribution in [2.75, 3.05) is 0 Å². The van der Waals surface area contributed by atoms with Gasteiger partial charge in [-0.2, -0.15) is 105 Å². The number of alkyl halides is 24. The predicted molar refractivity (Wildman–Crippen MR) is 60.4 cm³/mol. The molecule has 0 bridgehead atoms. The van der Waals surface area contributed by atoms with Gasteiger partial charge in [-0.05, 0) is 0 Å². The molecule has 1 aliphatic rings. The molecule has 37 heavy (non-hydrogen) atoms. The molecule has 0 N–H and O–H groups in total. The summed E-state index contributed by atoms with van der Waals surface area (Å²) in [7, 11) is 0. The Hall–Kier alpha value is -1.72. The molecule has 1 aliphatic heterocycles. The van der Waals surface area contributed by atoms with Crippen LogP contribution in [0.15, 0.2) is 0 Å². The molecule has 1 atom stereocenters. The molecule has 0 radical (unpaired) electrons. The number of hydrogen-bond acceptors (Lipinski definition) is 1. The number of halogens is 24. The highest BCUT2D eigenvalue weighted by Gasteiger charge is 3.02. The van der Waals surface area contributed by atoms with Crippen LogP contribution >= 0.6 is 0 Å². The lowest BCUT2D eigenvalue weighted by Gasteiger charge is -2.44. The van der Waals surface area contributed by atoms with Gasteiger partial charge in [0.25, 0.3) is 0 Å². The van der Waals surface area contributed by atoms with Crippen LogP contribution in [0.4, 0.5) is 105 Å². The van der Waals surface area contributed by atoms with Gasteiger partial charge in [-0.1, -0.05) is 0 Å². The quantitative estimate of drug-likeness (QED) is 0.193. The summed E-state index contributed by atoms with van der Waals surface area (Å²) in [6, 6.07) is 0. The second-order valence-electron chi connectivity index (χ2n) is 6.88. The third-order valence-electron chi connectivity index (χ3n) is 4.52. The standard InChI is InChI=1S/C12F24O/c13-1(14,3(17,18)5(21,22)7(25,26)9(29,30)11(32,33)34)2(15,16)4(19,20)6(23,24)8(27,28)10(31)12(35,36)37-10. The lowest BCUT2D eigenvalue weighted by atomic mass is 9.85. The fourth-order valence-electron chi connectivity index (χ4n) is 2.16. The van der Waals surface area contributed by atoms with Crippen LogP contribution in [0.2, 0.25) is 0 Å². The van der Waals surface area contributed by atoms with E-state index in [0.717, 1.165) is 0 Å². The van der Waals surface area contributed by atoms with E-state index < -0.39 is 71.4 Å². The minimum atomic E-state index is -9.45. The first-order valence-corrected chi connectivity index (χ1v) is 7.69. The zero-order chi connectivity index (χ0) is 30.7. The normalized spacial score (nSPS) is 23.4. The van der Waals surface area contributed by atoms with Crippen LogP contribution in [-0.2, 0) is 4.74 Å². The molecule has 25 heteroatoms. The molecule has 1 fully saturated rings. The summed E-state index contributed by atoms with van der Waals surface area (Å²) < 4.78 is 313. The molecule has 0 aromatic heterocycles. The Morgan fingerprint density at radius 1 is 0.324 bits per heavy atom. The highest BCUT2D eigenvalue weighted by molar-refractivity contribution is 5.21. The van der Waals surface area contributed by atoms with E-state index in [-0.39, 0.29) is 0 Å². The van der Waals surface area contributed by atoms with Gasteiger partial charge in [0.1, 0.15) is 0 Å². The van der Waals surface area contributed by atoms with Gasteiger partial charge in [0.2, 0.25) is 0 Å². The molecule has 1 unspecified atom stereocenters. The van der Waals surface area contributed by atoms with E-state index in [0.29, 0.717) is 0 Å². The fraction of sp³-hybridized carbons (Fsp3) is 1.00. The average Bonchev–Trinajstić information content (AvgIpc) is 3.18. The van der Waals surface area contributed by atoms with Crippen molar-refractivity contribution in [3.05, 3.63) is 0 Å². The molecule has 0 saturated carbocycles. The second-order valence-corrected chi connectivity index (χ2v) is 6.88. The highest BCUT2D eigenvalue weighted by Crippen LogP contribution is 2.70. The largest absolute Gasteiger partial charge is 0.460 e. The average molecular weight is 616 g/mol. The molecular formula is C12F24O. The van der Waals surface area contributed by atoms with Gasteiger partial charge in [-0.25, -0.2) is 0 Å². The Kier molecular flexibility index (Phi) is 6.73. The Bertz CT molecular complexity index is 894. The van der Waals surface area contributed by atoms with E-state index >= 15 is 0 Å². The molecule has 0 aliphatic carbocycles. The first-order chi connectivity index (χ1) is 15.5. The van der Waals surface area contributed by atoms with Crippen LogP contribution < -0.4 is 0 Å². The van der Waals surface area contributed by atoms with Crippen LogP contribution in [0.25, 0.3) is 0 Å². The monoisotopic (exact) mass is 616 g/mol. The molecule has 1 rings (SSSR count). The van der Waals surface area contributed by atoms with Gasteiger partial charge < -0.3 is 0 Å². The van der Waals surface area contributed by atoms with E-state index in [2.05, 4.69) is 0 Å². The Labute approximate surface area is 183 Å². The zero-order valence-electron chi connectivity index (χ0n) is 15.5. The van der Waals surface area contributed by atoms with Crippen molar-refractivity contribution in [2.24, 2.45) is 0 Å². The van der Waals surface area contributed by atoms with Crippen molar-refractivity contribution in [1.82, 2.24) is 0 Å². The third-order valence-corrected chi connectivity index (χ3v) is 4.52. The molecule has 1 nitrogen and oxygen atoms in total. The molecule has 1 heterocycles. The summed E-state index contributed by atoms with van der Waals surface area (Å²) in [6.07, 6.45) is -14.4. The fourth-order valence-corrected chi connectivity index (χ4v) is 2.16. The van der Waals surface area contributed by atoms with E-state index in [4.69, 9.17) is 0 Å². The second kappa shape index (κ2) is 7.47. The van der Waals surface area contributed by atoms with Crippen molar-refractivity contribution >= 4 is 0 Å². The maximum atomic E-state index is 13.4. The minimum Gasteiger partial charge on any atom is -0.265 e. The minimum absolute atomic E-state index is 1.92. The van der Waals surface area contributed by atoms with Gasteiger partial charge in [-0.3, -0.25) is 4.74 Å². The van der Waals surface area contributed by atoms with E-state index in [1.807, 2.05) is 4.74 Å². The van der Waals surface area contributed by atoms with E-state index in [1.54, 1.807) is 0 Å². The molecule has 0 spiro atoms. The lowest BCUT2D eigenvalue weighted by Crippen LogP contribution is -2.77. The Morgan fingerprint density at radius 2 is 0.514 bits per heavy atom. The molecular weight excluding hydrogens is 616 g/mol. The smallest absolute Gasteiger partial charge is 0.265 e. The van der Waals surface area contributed by atoms with Gasteiger partial charge in [0.05, 0.1) is 0 Å². The van der Waals surface area contributed by atoms with Crippen molar-refractivity contribution in [3.63, 3.8) is 0 Å². The molecule has 1 saturated heterocycles. The number of epoxide rings is 1. The summed E-state index contributed by atoms with van der Waals surface area (Å²) in [6.45, 7) is 0. The molecule has 0 aromatic rings. The summed E-state index contributed by atoms with van der Waals surface area (Å²) in [5.74, 6) is -88.1. The molecule has 222 valence electrons. The third kappa shape index (κ3) is 3.48. The SMILES string of the molecule is FC(F)(F)C(F)(F)C(F)(F)C(F)(F)C(F)(F)C(F)(F)C(F)(F)C(F)(F)C(F)(F)C(F)(F)C1(F)OC1(F)F. The maximum Gasteiger partial charge on any atom is 0.460 e. The summed E-state index contributed by atoms with van der Waals surface area (Å²) in [4.78, 5) is 0. The summed E-state index contributed by atoms with van der Waals surface area (Å²) >= 11 is 0. The number of ether oxygens (including phenoxy) is 1. The van der Waals surface area contributed by atoms with Gasteiger partial charge >= 0.3 is 71.4 Å². The predicted octanol–water partition coefficient (Wildman–Crippen LogP) is 7.56. The van der Waals surface area contributed by atoms with E-state index in [9.17, 15) is 105 Å². The van der Waals surface area contributed by atoms with Crippen molar-refractivity contribution in [1.29, 1.82) is 0 Å². The number of rotatable bonds is 9. The first-order valence-electron chi connectivity index (χ1n) is 7.69. The first kappa shape index (κ1) is 33.3. The van der Waals surface area contributed by atoms with Gasteiger partial charge in [0, 0.05) is 0 Å². The van der Waals surface area contributed by atoms with E-state index in [1.165, 1.54) is 0 Å². The topological polar surface area (TPSA) is 12.5 Å². The van der Waals surface area contributed by atoms with Crippen LogP contribution in [0.3, 0.4) is 0 Å². The summed E-state index contributed by atoms with van der Waals surface area (Å²) in [5.41, 5.74) is 0. The van der Waals surface area contributed by atoms with Crippen molar-refractivity contribution in [2.45, 2.75) is 71.4 Å². The summed E-state index contributed by atoms with van der Waals surface area (Å²) in [5, 5.41) is 0. The van der Waals surface area contributed by atoms with Crippen molar-refractivity contribution < 1.29 is 110 Å².